The predicted octanol–water partition coefficient (Wildman–Crippen LogP) is 1.72. The van der Waals surface area contributed by atoms with Crippen LogP contribution in [-0.2, 0) is 25.5 Å². The molecule has 1 fully saturated rings. The topological polar surface area (TPSA) is 105 Å². The van der Waals surface area contributed by atoms with E-state index >= 15 is 0 Å². The Morgan fingerprint density at radius 2 is 1.88 bits per heavy atom. The maximum Gasteiger partial charge on any atom is 0.322 e. The van der Waals surface area contributed by atoms with Gasteiger partial charge in [-0.15, -0.1) is 0 Å². The van der Waals surface area contributed by atoms with Crippen LogP contribution in [-0.4, -0.2) is 42.1 Å². The van der Waals surface area contributed by atoms with Crippen LogP contribution in [0.4, 0.5) is 5.69 Å². The average Bonchev–Trinajstić information content (AvgIpc) is 2.61. The molecule has 0 spiro atoms. The number of nitrogens with one attached hydrogen (secondary N) is 2. The summed E-state index contributed by atoms with van der Waals surface area (Å²) in [5.41, 5.74) is 1.42. The third-order valence-electron chi connectivity index (χ3n) is 4.01. The van der Waals surface area contributed by atoms with E-state index in [1.807, 2.05) is 0 Å². The molecule has 0 radical (unpaired) electrons. The summed E-state index contributed by atoms with van der Waals surface area (Å²) >= 11 is 0. The van der Waals surface area contributed by atoms with Gasteiger partial charge in [-0.1, -0.05) is 12.1 Å². The maximum atomic E-state index is 12.0. The summed E-state index contributed by atoms with van der Waals surface area (Å²) in [5, 5.41) is 13.6. The van der Waals surface area contributed by atoms with Gasteiger partial charge in [-0.3, -0.25) is 14.4 Å². The smallest absolute Gasteiger partial charge is 0.322 e. The normalized spacial score (nSPS) is 16.9. The van der Waals surface area contributed by atoms with Crippen molar-refractivity contribution in [3.63, 3.8) is 0 Å². The Balaban J connectivity index is 1.72. The highest BCUT2D eigenvalue weighted by Gasteiger charge is 2.15. The first-order valence-corrected chi connectivity index (χ1v) is 8.52. The summed E-state index contributed by atoms with van der Waals surface area (Å²) in [6.07, 6.45) is 4.72. The van der Waals surface area contributed by atoms with Crippen molar-refractivity contribution in [3.8, 4) is 0 Å². The van der Waals surface area contributed by atoms with Crippen molar-refractivity contribution in [1.29, 1.82) is 0 Å². The average molecular weight is 348 g/mol. The maximum absolute atomic E-state index is 12.0. The Morgan fingerprint density at radius 3 is 2.52 bits per heavy atom. The highest BCUT2D eigenvalue weighted by atomic mass is 16.5. The number of carbonyl (C=O) groups is 3. The van der Waals surface area contributed by atoms with Crippen LogP contribution in [0.3, 0.4) is 0 Å². The molecule has 0 saturated carbocycles. The number of anilines is 1. The van der Waals surface area contributed by atoms with E-state index in [0.717, 1.165) is 37.9 Å². The van der Waals surface area contributed by atoms with Gasteiger partial charge in [0.15, 0.2) is 0 Å². The first-order valence-electron chi connectivity index (χ1n) is 8.52. The van der Waals surface area contributed by atoms with Crippen molar-refractivity contribution in [2.24, 2.45) is 0 Å². The molecule has 0 aromatic heterocycles. The van der Waals surface area contributed by atoms with Gasteiger partial charge >= 0.3 is 5.97 Å². The van der Waals surface area contributed by atoms with Crippen LogP contribution in [0, 0.1) is 0 Å². The number of carbonyl (C=O) groups excluding carboxylic acids is 2. The SMILES string of the molecule is O=C(O)CNC(=O)Cc1ccc(NC(=O)CCC2CCCCO2)cc1. The second-order valence-electron chi connectivity index (χ2n) is 6.12. The van der Waals surface area contributed by atoms with Crippen LogP contribution in [0.2, 0.25) is 0 Å². The fourth-order valence-corrected chi connectivity index (χ4v) is 2.68. The number of hydrogen-bond donors (Lipinski definition) is 3. The third-order valence-corrected chi connectivity index (χ3v) is 4.01. The summed E-state index contributed by atoms with van der Waals surface area (Å²) in [4.78, 5) is 33.9. The highest BCUT2D eigenvalue weighted by Crippen LogP contribution is 2.17. The molecule has 1 unspecified atom stereocenters. The van der Waals surface area contributed by atoms with Crippen molar-refractivity contribution in [2.75, 3.05) is 18.5 Å². The van der Waals surface area contributed by atoms with E-state index < -0.39 is 12.5 Å². The molecule has 0 bridgehead atoms. The molecule has 1 aliphatic rings. The minimum atomic E-state index is -1.08. The monoisotopic (exact) mass is 348 g/mol. The van der Waals surface area contributed by atoms with Crippen LogP contribution >= 0.6 is 0 Å². The third kappa shape index (κ3) is 7.34. The molecule has 25 heavy (non-hydrogen) atoms. The van der Waals surface area contributed by atoms with Gasteiger partial charge in [0, 0.05) is 18.7 Å². The number of benzene rings is 1. The zero-order valence-corrected chi connectivity index (χ0v) is 14.1. The minimum absolute atomic E-state index is 0.0545. The molecule has 1 aliphatic heterocycles. The van der Waals surface area contributed by atoms with Gasteiger partial charge in [0.2, 0.25) is 11.8 Å². The number of rotatable bonds is 8. The summed E-state index contributed by atoms with van der Waals surface area (Å²) in [5.74, 6) is -1.49. The second-order valence-corrected chi connectivity index (χ2v) is 6.12. The number of carboxylic acids is 1. The van der Waals surface area contributed by atoms with Crippen LogP contribution in [0.5, 0.6) is 0 Å². The van der Waals surface area contributed by atoms with E-state index in [0.29, 0.717) is 12.1 Å². The van der Waals surface area contributed by atoms with Crippen molar-refractivity contribution >= 4 is 23.5 Å². The predicted molar refractivity (Wildman–Crippen MR) is 92.2 cm³/mol. The lowest BCUT2D eigenvalue weighted by molar-refractivity contribution is -0.137. The van der Waals surface area contributed by atoms with Crippen molar-refractivity contribution in [2.45, 2.75) is 44.6 Å². The fourth-order valence-electron chi connectivity index (χ4n) is 2.68. The number of carboxylic acid groups (broad SMARTS) is 1. The van der Waals surface area contributed by atoms with Gasteiger partial charge in [0.1, 0.15) is 6.54 Å². The molecule has 136 valence electrons. The first kappa shape index (κ1) is 18.9. The van der Waals surface area contributed by atoms with Gasteiger partial charge in [0.25, 0.3) is 0 Å². The fraction of sp³-hybridized carbons (Fsp3) is 0.500. The Bertz CT molecular complexity index is 594. The van der Waals surface area contributed by atoms with Crippen LogP contribution in [0.1, 0.15) is 37.7 Å². The zero-order chi connectivity index (χ0) is 18.1. The second kappa shape index (κ2) is 9.78. The number of aliphatic carboxylic acids is 1. The van der Waals surface area contributed by atoms with E-state index in [9.17, 15) is 14.4 Å². The molecule has 2 rings (SSSR count). The largest absolute Gasteiger partial charge is 0.480 e. The number of ether oxygens (including phenoxy) is 1. The van der Waals surface area contributed by atoms with Crippen molar-refractivity contribution < 1.29 is 24.2 Å². The molecular weight excluding hydrogens is 324 g/mol. The Morgan fingerprint density at radius 1 is 1.12 bits per heavy atom. The summed E-state index contributed by atoms with van der Waals surface area (Å²) in [7, 11) is 0. The molecule has 1 heterocycles. The van der Waals surface area contributed by atoms with Crippen molar-refractivity contribution in [1.82, 2.24) is 5.32 Å². The van der Waals surface area contributed by atoms with Crippen LogP contribution in [0.15, 0.2) is 24.3 Å². The molecule has 0 aliphatic carbocycles. The number of hydrogen-bond acceptors (Lipinski definition) is 4. The van der Waals surface area contributed by atoms with E-state index in [1.54, 1.807) is 24.3 Å². The lowest BCUT2D eigenvalue weighted by Gasteiger charge is -2.22. The molecule has 2 amide bonds. The van der Waals surface area contributed by atoms with E-state index in [-0.39, 0.29) is 24.3 Å². The number of amides is 2. The minimum Gasteiger partial charge on any atom is -0.480 e. The van der Waals surface area contributed by atoms with Gasteiger partial charge in [-0.25, -0.2) is 0 Å². The van der Waals surface area contributed by atoms with Gasteiger partial charge in [0.05, 0.1) is 12.5 Å². The summed E-state index contributed by atoms with van der Waals surface area (Å²) in [6.45, 7) is 0.394. The Hall–Kier alpha value is -2.41. The Kier molecular flexibility index (Phi) is 7.40. The van der Waals surface area contributed by atoms with Gasteiger partial charge < -0.3 is 20.5 Å². The molecular formula is C18H24N2O5. The summed E-state index contributed by atoms with van der Waals surface area (Å²) in [6, 6.07) is 6.93. The lowest BCUT2D eigenvalue weighted by Crippen LogP contribution is -2.30. The van der Waals surface area contributed by atoms with Crippen molar-refractivity contribution in [3.05, 3.63) is 29.8 Å². The molecule has 1 aromatic rings. The molecule has 3 N–H and O–H groups in total. The quantitative estimate of drug-likeness (QED) is 0.663. The molecule has 1 saturated heterocycles. The van der Waals surface area contributed by atoms with Gasteiger partial charge in [-0.2, -0.15) is 0 Å². The standard InChI is InChI=1S/C18H24N2O5/c21-16(9-8-15-3-1-2-10-25-15)20-14-6-4-13(5-7-14)11-17(22)19-12-18(23)24/h4-7,15H,1-3,8-12H2,(H,19,22)(H,20,21)(H,23,24). The summed E-state index contributed by atoms with van der Waals surface area (Å²) < 4.78 is 5.61. The van der Waals surface area contributed by atoms with E-state index in [1.165, 1.54) is 0 Å². The first-order chi connectivity index (χ1) is 12.0. The lowest BCUT2D eigenvalue weighted by atomic mass is 10.0. The molecule has 7 nitrogen and oxygen atoms in total. The molecule has 1 atom stereocenters. The highest BCUT2D eigenvalue weighted by molar-refractivity contribution is 5.90. The van der Waals surface area contributed by atoms with Crippen LogP contribution < -0.4 is 10.6 Å². The van der Waals surface area contributed by atoms with Crippen LogP contribution in [0.25, 0.3) is 0 Å². The van der Waals surface area contributed by atoms with Gasteiger partial charge in [-0.05, 0) is 43.4 Å². The Labute approximate surface area is 146 Å². The van der Waals surface area contributed by atoms with E-state index in [2.05, 4.69) is 10.6 Å². The van der Waals surface area contributed by atoms with E-state index in [4.69, 9.17) is 9.84 Å². The zero-order valence-electron chi connectivity index (χ0n) is 14.1. The molecule has 1 aromatic carbocycles. The molecule has 7 heteroatoms.